The lowest BCUT2D eigenvalue weighted by molar-refractivity contribution is -0.122. The number of carbonyl (C=O) groups excluding carboxylic acids is 1. The summed E-state index contributed by atoms with van der Waals surface area (Å²) in [7, 11) is 0. The van der Waals surface area contributed by atoms with Gasteiger partial charge in [0.15, 0.2) is 0 Å². The molecule has 0 bridgehead atoms. The van der Waals surface area contributed by atoms with Crippen molar-refractivity contribution in [1.82, 2.24) is 10.6 Å². The van der Waals surface area contributed by atoms with E-state index in [-0.39, 0.29) is 11.9 Å². The number of amides is 1. The van der Waals surface area contributed by atoms with Crippen LogP contribution in [0, 0.1) is 5.92 Å². The van der Waals surface area contributed by atoms with Gasteiger partial charge in [0.25, 0.3) is 0 Å². The molecule has 0 aromatic rings. The number of hydrogen-bond donors (Lipinski definition) is 2. The van der Waals surface area contributed by atoms with Crippen LogP contribution >= 0.6 is 0 Å². The lowest BCUT2D eigenvalue weighted by atomic mass is 10.0. The number of carbonyl (C=O) groups is 1. The Bertz CT molecular complexity index is 197. The molecule has 1 aliphatic heterocycles. The molecular weight excluding hydrogens is 176 g/mol. The molecule has 3 nitrogen and oxygen atoms in total. The average molecular weight is 196 g/mol. The summed E-state index contributed by atoms with van der Waals surface area (Å²) in [6.07, 6.45) is 4.47. The van der Waals surface area contributed by atoms with Crippen molar-refractivity contribution in [2.75, 3.05) is 13.1 Å². The lowest BCUT2D eigenvalue weighted by Crippen LogP contribution is -2.33. The van der Waals surface area contributed by atoms with Gasteiger partial charge in [0.05, 0.1) is 0 Å². The fourth-order valence-corrected chi connectivity index (χ4v) is 1.79. The van der Waals surface area contributed by atoms with Gasteiger partial charge >= 0.3 is 0 Å². The summed E-state index contributed by atoms with van der Waals surface area (Å²) in [6.45, 7) is 7.70. The zero-order chi connectivity index (χ0) is 10.4. The normalized spacial score (nSPS) is 23.1. The molecule has 1 heterocycles. The zero-order valence-corrected chi connectivity index (χ0v) is 8.88. The molecule has 1 fully saturated rings. The van der Waals surface area contributed by atoms with E-state index in [4.69, 9.17) is 0 Å². The summed E-state index contributed by atoms with van der Waals surface area (Å²) >= 11 is 0. The van der Waals surface area contributed by atoms with Gasteiger partial charge in [-0.25, -0.2) is 0 Å². The van der Waals surface area contributed by atoms with E-state index in [1.807, 2.05) is 13.0 Å². The molecule has 80 valence electrons. The molecule has 0 saturated carbocycles. The van der Waals surface area contributed by atoms with Crippen molar-refractivity contribution in [3.63, 3.8) is 0 Å². The van der Waals surface area contributed by atoms with Gasteiger partial charge in [0.1, 0.15) is 0 Å². The molecule has 1 saturated heterocycles. The molecule has 1 aliphatic rings. The van der Waals surface area contributed by atoms with Crippen molar-refractivity contribution in [3.8, 4) is 0 Å². The Hall–Kier alpha value is -0.830. The third-order valence-corrected chi connectivity index (χ3v) is 2.56. The van der Waals surface area contributed by atoms with E-state index in [1.165, 1.54) is 0 Å². The van der Waals surface area contributed by atoms with Crippen LogP contribution in [0.3, 0.4) is 0 Å². The van der Waals surface area contributed by atoms with Gasteiger partial charge in [-0.05, 0) is 38.8 Å². The van der Waals surface area contributed by atoms with Crippen LogP contribution in [0.1, 0.15) is 26.2 Å². The van der Waals surface area contributed by atoms with Crippen molar-refractivity contribution < 1.29 is 4.79 Å². The van der Waals surface area contributed by atoms with Crippen LogP contribution in [-0.2, 0) is 4.79 Å². The van der Waals surface area contributed by atoms with E-state index in [0.717, 1.165) is 25.9 Å². The highest BCUT2D eigenvalue weighted by molar-refractivity contribution is 5.76. The Morgan fingerprint density at radius 3 is 3.14 bits per heavy atom. The fourth-order valence-electron chi connectivity index (χ4n) is 1.79. The number of hydrogen-bond acceptors (Lipinski definition) is 2. The second-order valence-electron chi connectivity index (χ2n) is 4.06. The summed E-state index contributed by atoms with van der Waals surface area (Å²) < 4.78 is 0. The molecule has 0 aliphatic carbocycles. The Balaban J connectivity index is 2.17. The van der Waals surface area contributed by atoms with Crippen LogP contribution in [0.2, 0.25) is 0 Å². The second kappa shape index (κ2) is 5.81. The van der Waals surface area contributed by atoms with Crippen molar-refractivity contribution in [2.24, 2.45) is 5.92 Å². The van der Waals surface area contributed by atoms with Gasteiger partial charge in [0, 0.05) is 12.5 Å². The highest BCUT2D eigenvalue weighted by Gasteiger charge is 2.18. The van der Waals surface area contributed by atoms with Crippen molar-refractivity contribution in [2.45, 2.75) is 32.2 Å². The molecule has 0 aromatic heterocycles. The summed E-state index contributed by atoms with van der Waals surface area (Å²) in [6, 6.07) is 0.217. The molecular formula is C11H20N2O. The first kappa shape index (κ1) is 11.2. The van der Waals surface area contributed by atoms with E-state index < -0.39 is 0 Å². The molecule has 2 atom stereocenters. The second-order valence-corrected chi connectivity index (χ2v) is 4.06. The Kier molecular flexibility index (Phi) is 4.66. The summed E-state index contributed by atoms with van der Waals surface area (Å²) in [5, 5.41) is 6.23. The zero-order valence-electron chi connectivity index (χ0n) is 8.88. The SMILES string of the molecule is C=CCC(C)NC(=O)CC1CCNC1. The standard InChI is InChI=1S/C11H20N2O/c1-3-4-9(2)13-11(14)7-10-5-6-12-8-10/h3,9-10,12H,1,4-8H2,2H3,(H,13,14). The molecule has 3 heteroatoms. The maximum atomic E-state index is 11.5. The molecule has 2 unspecified atom stereocenters. The monoisotopic (exact) mass is 196 g/mol. The lowest BCUT2D eigenvalue weighted by Gasteiger charge is -2.13. The number of nitrogens with one attached hydrogen (secondary N) is 2. The molecule has 0 spiro atoms. The minimum Gasteiger partial charge on any atom is -0.353 e. The van der Waals surface area contributed by atoms with E-state index in [0.29, 0.717) is 12.3 Å². The first-order chi connectivity index (χ1) is 6.72. The van der Waals surface area contributed by atoms with Gasteiger partial charge in [-0.3, -0.25) is 4.79 Å². The first-order valence-electron chi connectivity index (χ1n) is 5.33. The Labute approximate surface area is 86.0 Å². The maximum absolute atomic E-state index is 11.5. The van der Waals surface area contributed by atoms with E-state index in [9.17, 15) is 4.79 Å². The Morgan fingerprint density at radius 2 is 2.57 bits per heavy atom. The van der Waals surface area contributed by atoms with Gasteiger partial charge in [0.2, 0.25) is 5.91 Å². The molecule has 1 rings (SSSR count). The topological polar surface area (TPSA) is 41.1 Å². The van der Waals surface area contributed by atoms with E-state index in [2.05, 4.69) is 17.2 Å². The summed E-state index contributed by atoms with van der Waals surface area (Å²) in [5.41, 5.74) is 0. The smallest absolute Gasteiger partial charge is 0.220 e. The van der Waals surface area contributed by atoms with Crippen LogP contribution in [0.15, 0.2) is 12.7 Å². The van der Waals surface area contributed by atoms with Crippen LogP contribution in [-0.4, -0.2) is 25.0 Å². The maximum Gasteiger partial charge on any atom is 0.220 e. The van der Waals surface area contributed by atoms with Gasteiger partial charge in [-0.1, -0.05) is 6.08 Å². The molecule has 2 N–H and O–H groups in total. The van der Waals surface area contributed by atoms with Gasteiger partial charge in [-0.15, -0.1) is 6.58 Å². The van der Waals surface area contributed by atoms with Gasteiger partial charge < -0.3 is 10.6 Å². The predicted octanol–water partition coefficient (Wildman–Crippen LogP) is 1.07. The highest BCUT2D eigenvalue weighted by atomic mass is 16.1. The van der Waals surface area contributed by atoms with Crippen molar-refractivity contribution >= 4 is 5.91 Å². The first-order valence-corrected chi connectivity index (χ1v) is 5.33. The third-order valence-electron chi connectivity index (χ3n) is 2.56. The Morgan fingerprint density at radius 1 is 1.79 bits per heavy atom. The highest BCUT2D eigenvalue weighted by Crippen LogP contribution is 2.11. The molecule has 1 amide bonds. The predicted molar refractivity (Wildman–Crippen MR) is 58.0 cm³/mol. The molecule has 14 heavy (non-hydrogen) atoms. The molecule has 0 aromatic carbocycles. The van der Waals surface area contributed by atoms with Crippen LogP contribution < -0.4 is 10.6 Å². The third kappa shape index (κ3) is 3.92. The quantitative estimate of drug-likeness (QED) is 0.646. The molecule has 0 radical (unpaired) electrons. The van der Waals surface area contributed by atoms with Gasteiger partial charge in [-0.2, -0.15) is 0 Å². The van der Waals surface area contributed by atoms with Crippen LogP contribution in [0.5, 0.6) is 0 Å². The van der Waals surface area contributed by atoms with E-state index >= 15 is 0 Å². The van der Waals surface area contributed by atoms with Crippen LogP contribution in [0.25, 0.3) is 0 Å². The minimum atomic E-state index is 0.174. The largest absolute Gasteiger partial charge is 0.353 e. The van der Waals surface area contributed by atoms with Crippen molar-refractivity contribution in [3.05, 3.63) is 12.7 Å². The summed E-state index contributed by atoms with van der Waals surface area (Å²) in [4.78, 5) is 11.5. The fraction of sp³-hybridized carbons (Fsp3) is 0.727. The number of rotatable bonds is 5. The van der Waals surface area contributed by atoms with Crippen LogP contribution in [0.4, 0.5) is 0 Å². The minimum absolute atomic E-state index is 0.174. The van der Waals surface area contributed by atoms with Crippen molar-refractivity contribution in [1.29, 1.82) is 0 Å². The average Bonchev–Trinajstić information content (AvgIpc) is 2.56. The summed E-state index contributed by atoms with van der Waals surface area (Å²) in [5.74, 6) is 0.707. The van der Waals surface area contributed by atoms with E-state index in [1.54, 1.807) is 0 Å².